The first kappa shape index (κ1) is 61.7. The molecule has 0 aromatic heterocycles. The molecule has 0 radical (unpaired) electrons. The molecule has 3 atom stereocenters. The van der Waals surface area contributed by atoms with Crippen molar-refractivity contribution in [1.82, 2.24) is 5.32 Å². The van der Waals surface area contributed by atoms with E-state index >= 15 is 0 Å². The van der Waals surface area contributed by atoms with Crippen LogP contribution in [0, 0.1) is 17.8 Å². The van der Waals surface area contributed by atoms with Gasteiger partial charge in [-0.3, -0.25) is 18.4 Å². The normalized spacial score (nSPS) is 14.2. The molecule has 1 amide bonds. The fourth-order valence-electron chi connectivity index (χ4n) is 6.11. The van der Waals surface area contributed by atoms with Crippen LogP contribution < -0.4 is 11.1 Å². The predicted molar refractivity (Wildman–Crippen MR) is 246 cm³/mol. The number of phosphoric acid groups is 2. The van der Waals surface area contributed by atoms with Crippen molar-refractivity contribution < 1.29 is 42.2 Å². The van der Waals surface area contributed by atoms with Crippen LogP contribution in [0.1, 0.15) is 222 Å². The van der Waals surface area contributed by atoms with Crippen molar-refractivity contribution in [2.75, 3.05) is 32.9 Å². The molecule has 6 N–H and O–H groups in total. The molecule has 0 aliphatic rings. The zero-order valence-electron chi connectivity index (χ0n) is 38.8. The molecule has 0 aromatic rings. The van der Waals surface area contributed by atoms with E-state index in [2.05, 4.69) is 63.5 Å². The maximum atomic E-state index is 11.9. The summed E-state index contributed by atoms with van der Waals surface area (Å²) in [6, 6.07) is 0. The van der Waals surface area contributed by atoms with Crippen LogP contribution in [0.4, 0.5) is 0 Å². The highest BCUT2D eigenvalue weighted by Gasteiger charge is 2.24. The van der Waals surface area contributed by atoms with Crippen molar-refractivity contribution in [2.24, 2.45) is 23.5 Å². The lowest BCUT2D eigenvalue weighted by atomic mass is 10.0. The molecule has 0 aliphatic heterocycles. The Balaban J connectivity index is -0.000000816. The van der Waals surface area contributed by atoms with Crippen LogP contribution >= 0.6 is 15.6 Å². The molecular weight excluding hydrogens is 774 g/mol. The summed E-state index contributed by atoms with van der Waals surface area (Å²) in [5.41, 5.74) is 5.39. The van der Waals surface area contributed by atoms with Crippen LogP contribution in [0.3, 0.4) is 0 Å². The standard InChI is InChI=1S/C21H42N2O.C16H35O4P.C8H19O4P/c1-2-3-4-5-6-7-8-9-10-11-12-13-14-15-16-18-21(24)23-20-17-19-22;1-5-9-11-15(7-3)13-19-21(17,18)20-14-16(8-4)12-10-6-2;1-3-5-6-8(4-2)7-12-13(9,10)11/h9-10H,2-8,11-20,22H2,1H3,(H,23,24);15-16H,5-14H2,1-4H3,(H,17,18);8H,3-7H2,1-2H3,(H2,9,10,11)/b10-9+;;. The number of unbranched alkanes of at least 4 members (excludes halogenated alkanes) is 14. The van der Waals surface area contributed by atoms with Gasteiger partial charge in [-0.2, -0.15) is 0 Å². The van der Waals surface area contributed by atoms with Crippen molar-refractivity contribution in [2.45, 2.75) is 222 Å². The number of rotatable bonds is 39. The highest BCUT2D eigenvalue weighted by atomic mass is 31.2. The molecule has 13 heteroatoms. The molecule has 0 aromatic carbocycles. The largest absolute Gasteiger partial charge is 0.472 e. The summed E-state index contributed by atoms with van der Waals surface area (Å²) in [6.45, 7) is 17.0. The van der Waals surface area contributed by atoms with Gasteiger partial charge in [-0.25, -0.2) is 9.13 Å². The highest BCUT2D eigenvalue weighted by molar-refractivity contribution is 7.47. The van der Waals surface area contributed by atoms with Gasteiger partial charge in [-0.1, -0.05) is 170 Å². The summed E-state index contributed by atoms with van der Waals surface area (Å²) in [7, 11) is -8.16. The molecule has 0 heterocycles. The Bertz CT molecular complexity index is 960. The lowest BCUT2D eigenvalue weighted by Gasteiger charge is -2.20. The van der Waals surface area contributed by atoms with Gasteiger partial charge in [-0.15, -0.1) is 0 Å². The van der Waals surface area contributed by atoms with Crippen molar-refractivity contribution in [3.8, 4) is 0 Å². The maximum Gasteiger partial charge on any atom is 0.472 e. The molecule has 350 valence electrons. The predicted octanol–water partition coefficient (Wildman–Crippen LogP) is 13.4. The minimum atomic E-state index is -4.26. The number of nitrogens with two attached hydrogens (primary N) is 1. The number of carbonyl (C=O) groups is 1. The number of hydrogen-bond acceptors (Lipinski definition) is 7. The lowest BCUT2D eigenvalue weighted by molar-refractivity contribution is -0.121. The average molecular weight is 871 g/mol. The smallest absolute Gasteiger partial charge is 0.356 e. The van der Waals surface area contributed by atoms with Crippen molar-refractivity contribution in [3.63, 3.8) is 0 Å². The molecule has 0 rings (SSSR count). The summed E-state index contributed by atoms with van der Waals surface area (Å²) in [4.78, 5) is 38.2. The average Bonchev–Trinajstić information content (AvgIpc) is 3.20. The molecule has 0 saturated carbocycles. The van der Waals surface area contributed by atoms with Crippen molar-refractivity contribution in [1.29, 1.82) is 0 Å². The Kier molecular flexibility index (Phi) is 48.8. The van der Waals surface area contributed by atoms with Gasteiger partial charge in [0.05, 0.1) is 19.8 Å². The Morgan fingerprint density at radius 1 is 0.552 bits per heavy atom. The SMILES string of the molecule is CCCCC(CC)COP(=O)(O)O.CCCCC(CC)COP(=O)(O)OCC(CC)CCCC.CCCCCCCC/C=C/CCCCCCCC(=O)NCCCN. The molecule has 0 fully saturated rings. The molecule has 11 nitrogen and oxygen atoms in total. The van der Waals surface area contributed by atoms with Crippen LogP contribution in [0.2, 0.25) is 0 Å². The van der Waals surface area contributed by atoms with Gasteiger partial charge in [-0.05, 0) is 82.1 Å². The van der Waals surface area contributed by atoms with E-state index in [0.717, 1.165) is 96.4 Å². The van der Waals surface area contributed by atoms with Gasteiger partial charge in [0.2, 0.25) is 5.91 Å². The minimum absolute atomic E-state index is 0.167. The quantitative estimate of drug-likeness (QED) is 0.0227. The summed E-state index contributed by atoms with van der Waals surface area (Å²) in [6.07, 6.45) is 35.7. The third-order valence-electron chi connectivity index (χ3n) is 10.4. The zero-order valence-corrected chi connectivity index (χ0v) is 40.6. The first-order valence-electron chi connectivity index (χ1n) is 23.7. The number of hydrogen-bond donors (Lipinski definition) is 5. The summed E-state index contributed by atoms with van der Waals surface area (Å²) >= 11 is 0. The molecule has 0 bridgehead atoms. The first-order chi connectivity index (χ1) is 27.8. The molecule has 0 saturated heterocycles. The van der Waals surface area contributed by atoms with Crippen LogP contribution in [0.25, 0.3) is 0 Å². The molecule has 58 heavy (non-hydrogen) atoms. The van der Waals surface area contributed by atoms with E-state index in [1.165, 1.54) is 77.0 Å². The third kappa shape index (κ3) is 49.8. The Morgan fingerprint density at radius 2 is 0.931 bits per heavy atom. The summed E-state index contributed by atoms with van der Waals surface area (Å²) in [5.74, 6) is 1.14. The van der Waals surface area contributed by atoms with Gasteiger partial charge < -0.3 is 25.7 Å². The topological polar surface area (TPSA) is 178 Å². The maximum absolute atomic E-state index is 11.9. The summed E-state index contributed by atoms with van der Waals surface area (Å²) in [5, 5.41) is 2.91. The monoisotopic (exact) mass is 871 g/mol. The van der Waals surface area contributed by atoms with Gasteiger partial charge in [0, 0.05) is 13.0 Å². The van der Waals surface area contributed by atoms with E-state index in [0.29, 0.717) is 38.0 Å². The van der Waals surface area contributed by atoms with Crippen LogP contribution in [0.5, 0.6) is 0 Å². The second-order valence-corrected chi connectivity index (χ2v) is 18.6. The second-order valence-electron chi connectivity index (χ2n) is 15.9. The highest BCUT2D eigenvalue weighted by Crippen LogP contribution is 2.45. The van der Waals surface area contributed by atoms with E-state index in [1.807, 2.05) is 6.92 Å². The molecule has 3 unspecified atom stereocenters. The first-order valence-corrected chi connectivity index (χ1v) is 26.7. The number of amides is 1. The van der Waals surface area contributed by atoms with Gasteiger partial charge in [0.1, 0.15) is 0 Å². The van der Waals surface area contributed by atoms with Crippen LogP contribution in [-0.4, -0.2) is 53.5 Å². The van der Waals surface area contributed by atoms with Crippen molar-refractivity contribution in [3.05, 3.63) is 12.2 Å². The fraction of sp³-hybridized carbons (Fsp3) is 0.933. The third-order valence-corrected chi connectivity index (χ3v) is 11.9. The van der Waals surface area contributed by atoms with E-state index in [-0.39, 0.29) is 18.4 Å². The van der Waals surface area contributed by atoms with E-state index < -0.39 is 15.6 Å². The lowest BCUT2D eigenvalue weighted by Crippen LogP contribution is -2.25. The zero-order chi connectivity index (χ0) is 44.2. The van der Waals surface area contributed by atoms with Gasteiger partial charge in [0.15, 0.2) is 0 Å². The minimum Gasteiger partial charge on any atom is -0.356 e. The Hall–Kier alpha value is -0.610. The van der Waals surface area contributed by atoms with Crippen LogP contribution in [-0.2, 0) is 27.5 Å². The number of nitrogens with one attached hydrogen (secondary N) is 1. The molecule has 0 aliphatic carbocycles. The van der Waals surface area contributed by atoms with Crippen molar-refractivity contribution >= 4 is 21.6 Å². The Morgan fingerprint density at radius 3 is 1.31 bits per heavy atom. The van der Waals surface area contributed by atoms with E-state index in [1.54, 1.807) is 0 Å². The molecular formula is C45H96N2O9P2. The van der Waals surface area contributed by atoms with E-state index in [4.69, 9.17) is 24.6 Å². The number of phosphoric ester groups is 2. The Labute approximate surface area is 358 Å². The van der Waals surface area contributed by atoms with Gasteiger partial charge in [0.25, 0.3) is 0 Å². The summed E-state index contributed by atoms with van der Waals surface area (Å²) < 4.78 is 37.1. The number of carbonyl (C=O) groups excluding carboxylic acids is 1. The van der Waals surface area contributed by atoms with E-state index in [9.17, 15) is 18.8 Å². The fourth-order valence-corrected chi connectivity index (χ4v) is 7.39. The van der Waals surface area contributed by atoms with Gasteiger partial charge >= 0.3 is 15.6 Å². The second kappa shape index (κ2) is 45.9. The van der Waals surface area contributed by atoms with Crippen LogP contribution in [0.15, 0.2) is 12.2 Å². The number of allylic oxidation sites excluding steroid dienone is 2. The molecule has 0 spiro atoms.